The standard InChI is InChI=1S/C11H15BrN2O/c1-11(2)6-14(3)8-5-7(12)10(15-4)13-9(8)11/h5H,6H2,1-4H3. The Hall–Kier alpha value is -0.770. The molecule has 0 N–H and O–H groups in total. The zero-order valence-corrected chi connectivity index (χ0v) is 11.1. The number of nitrogens with zero attached hydrogens (tertiary/aromatic N) is 2. The van der Waals surface area contributed by atoms with E-state index in [2.05, 4.69) is 52.8 Å². The SMILES string of the molecule is COc1nc2c(cc1Br)N(C)CC2(C)C. The van der Waals surface area contributed by atoms with Crippen molar-refractivity contribution in [3.05, 3.63) is 16.2 Å². The summed E-state index contributed by atoms with van der Waals surface area (Å²) in [5, 5.41) is 0. The Balaban J connectivity index is 2.61. The summed E-state index contributed by atoms with van der Waals surface area (Å²) in [6.45, 7) is 5.40. The van der Waals surface area contributed by atoms with Crippen molar-refractivity contribution in [1.82, 2.24) is 4.98 Å². The minimum atomic E-state index is 0.0953. The van der Waals surface area contributed by atoms with Gasteiger partial charge in [0.15, 0.2) is 0 Å². The fourth-order valence-electron chi connectivity index (χ4n) is 2.15. The van der Waals surface area contributed by atoms with E-state index in [1.54, 1.807) is 7.11 Å². The summed E-state index contributed by atoms with van der Waals surface area (Å²) in [5.41, 5.74) is 2.40. The van der Waals surface area contributed by atoms with Crippen LogP contribution in [0.3, 0.4) is 0 Å². The first-order valence-corrected chi connectivity index (χ1v) is 5.71. The molecule has 1 aliphatic rings. The summed E-state index contributed by atoms with van der Waals surface area (Å²) in [4.78, 5) is 6.79. The van der Waals surface area contributed by atoms with Crippen molar-refractivity contribution in [2.24, 2.45) is 0 Å². The summed E-state index contributed by atoms with van der Waals surface area (Å²) in [7, 11) is 3.74. The van der Waals surface area contributed by atoms with Gasteiger partial charge in [0.05, 0.1) is 23.0 Å². The summed E-state index contributed by atoms with van der Waals surface area (Å²) >= 11 is 3.46. The van der Waals surface area contributed by atoms with Crippen LogP contribution in [0.25, 0.3) is 0 Å². The number of ether oxygens (including phenoxy) is 1. The number of likely N-dealkylation sites (N-methyl/N-ethyl adjacent to an activating group) is 1. The summed E-state index contributed by atoms with van der Waals surface area (Å²) in [5.74, 6) is 0.664. The van der Waals surface area contributed by atoms with Crippen LogP contribution in [0.15, 0.2) is 10.5 Å². The molecule has 0 aliphatic carbocycles. The largest absolute Gasteiger partial charge is 0.480 e. The number of aromatic nitrogens is 1. The van der Waals surface area contributed by atoms with Crippen LogP contribution in [0.4, 0.5) is 5.69 Å². The number of rotatable bonds is 1. The Kier molecular flexibility index (Phi) is 2.41. The molecule has 0 saturated carbocycles. The van der Waals surface area contributed by atoms with Crippen LogP contribution in [-0.4, -0.2) is 25.7 Å². The third-order valence-electron chi connectivity index (χ3n) is 2.80. The topological polar surface area (TPSA) is 25.4 Å². The van der Waals surface area contributed by atoms with Crippen molar-refractivity contribution in [2.75, 3.05) is 25.6 Å². The average molecular weight is 271 g/mol. The van der Waals surface area contributed by atoms with E-state index in [9.17, 15) is 0 Å². The van der Waals surface area contributed by atoms with Crippen LogP contribution in [-0.2, 0) is 5.41 Å². The molecular weight excluding hydrogens is 256 g/mol. The fraction of sp³-hybridized carbons (Fsp3) is 0.545. The van der Waals surface area contributed by atoms with Crippen molar-refractivity contribution in [2.45, 2.75) is 19.3 Å². The van der Waals surface area contributed by atoms with E-state index < -0.39 is 0 Å². The minimum absolute atomic E-state index is 0.0953. The quantitative estimate of drug-likeness (QED) is 0.785. The van der Waals surface area contributed by atoms with E-state index in [1.165, 1.54) is 5.69 Å². The third kappa shape index (κ3) is 1.61. The summed E-state index contributed by atoms with van der Waals surface area (Å²) < 4.78 is 6.13. The van der Waals surface area contributed by atoms with Gasteiger partial charge in [0.2, 0.25) is 5.88 Å². The minimum Gasteiger partial charge on any atom is -0.480 e. The maximum Gasteiger partial charge on any atom is 0.228 e. The molecule has 0 saturated heterocycles. The lowest BCUT2D eigenvalue weighted by atomic mass is 9.91. The molecule has 1 aromatic heterocycles. The highest BCUT2D eigenvalue weighted by atomic mass is 79.9. The van der Waals surface area contributed by atoms with Crippen LogP contribution in [0.5, 0.6) is 5.88 Å². The Morgan fingerprint density at radius 1 is 1.53 bits per heavy atom. The molecule has 82 valence electrons. The second-order valence-corrected chi connectivity index (χ2v) is 5.44. The molecule has 2 rings (SSSR count). The van der Waals surface area contributed by atoms with Gasteiger partial charge in [0.1, 0.15) is 0 Å². The number of hydrogen-bond donors (Lipinski definition) is 0. The third-order valence-corrected chi connectivity index (χ3v) is 3.37. The van der Waals surface area contributed by atoms with Gasteiger partial charge in [-0.1, -0.05) is 13.8 Å². The van der Waals surface area contributed by atoms with Crippen LogP contribution in [0, 0.1) is 0 Å². The normalized spacial score (nSPS) is 17.8. The van der Waals surface area contributed by atoms with Crippen molar-refractivity contribution in [1.29, 1.82) is 0 Å². The van der Waals surface area contributed by atoms with E-state index in [1.807, 2.05) is 0 Å². The van der Waals surface area contributed by atoms with Crippen LogP contribution < -0.4 is 9.64 Å². The van der Waals surface area contributed by atoms with Crippen molar-refractivity contribution >= 4 is 21.6 Å². The second kappa shape index (κ2) is 3.37. The zero-order chi connectivity index (χ0) is 11.2. The first-order valence-electron chi connectivity index (χ1n) is 4.92. The maximum absolute atomic E-state index is 5.22. The number of methoxy groups -OCH3 is 1. The Bertz CT molecular complexity index is 404. The van der Waals surface area contributed by atoms with Crippen LogP contribution >= 0.6 is 15.9 Å². The van der Waals surface area contributed by atoms with Crippen molar-refractivity contribution < 1.29 is 4.74 Å². The van der Waals surface area contributed by atoms with E-state index in [-0.39, 0.29) is 5.41 Å². The molecule has 0 fully saturated rings. The van der Waals surface area contributed by atoms with E-state index >= 15 is 0 Å². The molecule has 0 amide bonds. The van der Waals surface area contributed by atoms with E-state index in [0.29, 0.717) is 5.88 Å². The van der Waals surface area contributed by atoms with Gasteiger partial charge in [-0.05, 0) is 22.0 Å². The smallest absolute Gasteiger partial charge is 0.228 e. The highest BCUT2D eigenvalue weighted by molar-refractivity contribution is 9.10. The molecule has 0 atom stereocenters. The predicted octanol–water partition coefficient (Wildman–Crippen LogP) is 2.58. The fourth-order valence-corrected chi connectivity index (χ4v) is 2.61. The van der Waals surface area contributed by atoms with Crippen molar-refractivity contribution in [3.8, 4) is 5.88 Å². The van der Waals surface area contributed by atoms with Crippen LogP contribution in [0.1, 0.15) is 19.5 Å². The molecule has 1 aliphatic heterocycles. The summed E-state index contributed by atoms with van der Waals surface area (Å²) in [6.07, 6.45) is 0. The monoisotopic (exact) mass is 270 g/mol. The average Bonchev–Trinajstić information content (AvgIpc) is 2.36. The van der Waals surface area contributed by atoms with E-state index in [0.717, 1.165) is 16.7 Å². The first-order chi connectivity index (χ1) is 6.95. The Morgan fingerprint density at radius 3 is 2.80 bits per heavy atom. The van der Waals surface area contributed by atoms with Gasteiger partial charge < -0.3 is 9.64 Å². The molecule has 0 radical (unpaired) electrons. The lowest BCUT2D eigenvalue weighted by molar-refractivity contribution is 0.390. The van der Waals surface area contributed by atoms with Gasteiger partial charge in [-0.15, -0.1) is 0 Å². The van der Waals surface area contributed by atoms with Gasteiger partial charge in [-0.3, -0.25) is 0 Å². The first kappa shape index (κ1) is 10.7. The number of anilines is 1. The lowest BCUT2D eigenvalue weighted by Gasteiger charge is -2.17. The van der Waals surface area contributed by atoms with Gasteiger partial charge in [-0.2, -0.15) is 0 Å². The molecule has 0 spiro atoms. The number of fused-ring (bicyclic) bond motifs is 1. The van der Waals surface area contributed by atoms with Gasteiger partial charge in [-0.25, -0.2) is 4.98 Å². The van der Waals surface area contributed by atoms with Crippen LogP contribution in [0.2, 0.25) is 0 Å². The Labute approximate surface area is 98.6 Å². The maximum atomic E-state index is 5.22. The molecule has 4 heteroatoms. The summed E-state index contributed by atoms with van der Waals surface area (Å²) in [6, 6.07) is 2.08. The Morgan fingerprint density at radius 2 is 2.20 bits per heavy atom. The molecule has 1 aromatic rings. The number of halogens is 1. The highest BCUT2D eigenvalue weighted by Crippen LogP contribution is 2.41. The number of hydrogen-bond acceptors (Lipinski definition) is 3. The van der Waals surface area contributed by atoms with Crippen molar-refractivity contribution in [3.63, 3.8) is 0 Å². The predicted molar refractivity (Wildman–Crippen MR) is 64.8 cm³/mol. The lowest BCUT2D eigenvalue weighted by Crippen LogP contribution is -2.25. The zero-order valence-electron chi connectivity index (χ0n) is 9.47. The molecule has 0 bridgehead atoms. The molecule has 0 unspecified atom stereocenters. The highest BCUT2D eigenvalue weighted by Gasteiger charge is 2.35. The van der Waals surface area contributed by atoms with E-state index in [4.69, 9.17) is 4.74 Å². The molecular formula is C11H15BrN2O. The number of pyridine rings is 1. The van der Waals surface area contributed by atoms with Gasteiger partial charge >= 0.3 is 0 Å². The second-order valence-electron chi connectivity index (χ2n) is 4.59. The van der Waals surface area contributed by atoms with Gasteiger partial charge in [0.25, 0.3) is 0 Å². The molecule has 3 nitrogen and oxygen atoms in total. The van der Waals surface area contributed by atoms with Gasteiger partial charge in [0, 0.05) is 19.0 Å². The molecule has 0 aromatic carbocycles. The molecule has 2 heterocycles. The molecule has 15 heavy (non-hydrogen) atoms.